The third-order valence-electron chi connectivity index (χ3n) is 9.91. The molecule has 0 amide bonds. The molecule has 0 heterocycles. The summed E-state index contributed by atoms with van der Waals surface area (Å²) in [6.07, 6.45) is 17.6. The Hall–Kier alpha value is -0.890. The Labute approximate surface area is 178 Å². The second-order valence-electron chi connectivity index (χ2n) is 11.4. The fraction of sp³-hybridized carbons (Fsp3) is 0.815. The maximum absolute atomic E-state index is 12.2. The third-order valence-corrected chi connectivity index (χ3v) is 9.91. The van der Waals surface area contributed by atoms with Gasteiger partial charge in [-0.3, -0.25) is 4.79 Å². The van der Waals surface area contributed by atoms with Gasteiger partial charge in [-0.25, -0.2) is 0 Å². The number of hydrogen-bond acceptors (Lipinski definition) is 2. The molecule has 0 aromatic rings. The van der Waals surface area contributed by atoms with E-state index in [1.54, 1.807) is 11.1 Å². The lowest BCUT2D eigenvalue weighted by Crippen LogP contribution is -2.45. The summed E-state index contributed by atoms with van der Waals surface area (Å²) in [5.74, 6) is 2.89. The first-order chi connectivity index (χ1) is 13.8. The van der Waals surface area contributed by atoms with Gasteiger partial charge in [0.2, 0.25) is 0 Å². The SMILES string of the molecule is CC(CO)C(=O)CC[C@@H](C)[C@H]1CC[C@H]2C3=CC=C4CCCC[C@]4(C)[C@H]3CC[C@]12C. The van der Waals surface area contributed by atoms with E-state index in [0.29, 0.717) is 23.2 Å². The van der Waals surface area contributed by atoms with Gasteiger partial charge in [0.15, 0.2) is 0 Å². The highest BCUT2D eigenvalue weighted by Gasteiger charge is 2.56. The van der Waals surface area contributed by atoms with Crippen molar-refractivity contribution < 1.29 is 9.90 Å². The molecule has 2 heteroatoms. The summed E-state index contributed by atoms with van der Waals surface area (Å²) in [5, 5.41) is 9.26. The van der Waals surface area contributed by atoms with E-state index < -0.39 is 0 Å². The van der Waals surface area contributed by atoms with Gasteiger partial charge in [-0.1, -0.05) is 57.4 Å². The highest BCUT2D eigenvalue weighted by molar-refractivity contribution is 5.80. The Morgan fingerprint density at radius 1 is 1.10 bits per heavy atom. The molecular formula is C27H42O2. The first-order valence-electron chi connectivity index (χ1n) is 12.4. The average molecular weight is 399 g/mol. The average Bonchev–Trinajstić information content (AvgIpc) is 3.08. The van der Waals surface area contributed by atoms with Gasteiger partial charge in [0.05, 0.1) is 6.61 Å². The van der Waals surface area contributed by atoms with Crippen LogP contribution in [0.3, 0.4) is 0 Å². The first kappa shape index (κ1) is 21.3. The molecular weight excluding hydrogens is 356 g/mol. The highest BCUT2D eigenvalue weighted by atomic mass is 16.3. The fourth-order valence-electron chi connectivity index (χ4n) is 7.93. The molecule has 0 spiro atoms. The largest absolute Gasteiger partial charge is 0.396 e. The summed E-state index contributed by atoms with van der Waals surface area (Å²) in [6.45, 7) is 9.37. The molecule has 29 heavy (non-hydrogen) atoms. The second-order valence-corrected chi connectivity index (χ2v) is 11.4. The summed E-state index contributed by atoms with van der Waals surface area (Å²) >= 11 is 0. The van der Waals surface area contributed by atoms with E-state index in [1.807, 2.05) is 6.92 Å². The van der Waals surface area contributed by atoms with Crippen LogP contribution in [0.4, 0.5) is 0 Å². The Morgan fingerprint density at radius 3 is 2.66 bits per heavy atom. The summed E-state index contributed by atoms with van der Waals surface area (Å²) in [5.41, 5.74) is 4.36. The van der Waals surface area contributed by atoms with Gasteiger partial charge in [-0.05, 0) is 85.9 Å². The van der Waals surface area contributed by atoms with Crippen LogP contribution < -0.4 is 0 Å². The van der Waals surface area contributed by atoms with Crippen molar-refractivity contribution in [1.29, 1.82) is 0 Å². The molecule has 162 valence electrons. The number of Topliss-reactive ketones (excluding diaryl/α,β-unsaturated/α-hetero) is 1. The normalized spacial score (nSPS) is 40.8. The van der Waals surface area contributed by atoms with Gasteiger partial charge in [-0.15, -0.1) is 0 Å². The maximum Gasteiger partial charge on any atom is 0.137 e. The fourth-order valence-corrected chi connectivity index (χ4v) is 7.93. The lowest BCUT2D eigenvalue weighted by molar-refractivity contribution is -0.123. The maximum atomic E-state index is 12.2. The Balaban J connectivity index is 1.50. The zero-order valence-electron chi connectivity index (χ0n) is 19.2. The number of rotatable bonds is 6. The van der Waals surface area contributed by atoms with Gasteiger partial charge in [0.1, 0.15) is 5.78 Å². The molecule has 0 bridgehead atoms. The molecule has 4 aliphatic carbocycles. The van der Waals surface area contributed by atoms with Crippen LogP contribution in [0.15, 0.2) is 23.3 Å². The third kappa shape index (κ3) is 3.48. The molecule has 1 unspecified atom stereocenters. The Morgan fingerprint density at radius 2 is 1.90 bits per heavy atom. The van der Waals surface area contributed by atoms with Crippen molar-refractivity contribution in [2.45, 2.75) is 91.9 Å². The number of fused-ring (bicyclic) bond motifs is 5. The number of ketones is 1. The number of carbonyl (C=O) groups is 1. The predicted molar refractivity (Wildman–Crippen MR) is 119 cm³/mol. The Bertz CT molecular complexity index is 703. The highest BCUT2D eigenvalue weighted by Crippen LogP contribution is 2.66. The molecule has 1 N–H and O–H groups in total. The zero-order valence-corrected chi connectivity index (χ0v) is 19.2. The van der Waals surface area contributed by atoms with Gasteiger partial charge >= 0.3 is 0 Å². The van der Waals surface area contributed by atoms with Gasteiger partial charge in [-0.2, -0.15) is 0 Å². The monoisotopic (exact) mass is 398 g/mol. The van der Waals surface area contributed by atoms with E-state index >= 15 is 0 Å². The van der Waals surface area contributed by atoms with Gasteiger partial charge in [0, 0.05) is 12.3 Å². The van der Waals surface area contributed by atoms with E-state index in [-0.39, 0.29) is 18.3 Å². The molecule has 4 rings (SSSR count). The molecule has 0 radical (unpaired) electrons. The minimum absolute atomic E-state index is 0.0136. The number of aliphatic hydroxyl groups is 1. The molecule has 0 aromatic heterocycles. The molecule has 2 nitrogen and oxygen atoms in total. The van der Waals surface area contributed by atoms with Crippen LogP contribution in [-0.2, 0) is 4.79 Å². The summed E-state index contributed by atoms with van der Waals surface area (Å²) in [7, 11) is 0. The van der Waals surface area contributed by atoms with Crippen molar-refractivity contribution in [3.8, 4) is 0 Å². The molecule has 3 saturated carbocycles. The molecule has 7 atom stereocenters. The topological polar surface area (TPSA) is 37.3 Å². The van der Waals surface area contributed by atoms with Crippen molar-refractivity contribution in [2.24, 2.45) is 40.4 Å². The minimum atomic E-state index is -0.200. The van der Waals surface area contributed by atoms with Crippen LogP contribution in [0.1, 0.15) is 91.9 Å². The van der Waals surface area contributed by atoms with Crippen LogP contribution >= 0.6 is 0 Å². The summed E-state index contributed by atoms with van der Waals surface area (Å²) in [6, 6.07) is 0. The van der Waals surface area contributed by atoms with Crippen molar-refractivity contribution in [3.63, 3.8) is 0 Å². The van der Waals surface area contributed by atoms with Crippen LogP contribution in [-0.4, -0.2) is 17.5 Å². The number of hydrogen-bond donors (Lipinski definition) is 1. The molecule has 0 saturated heterocycles. The standard InChI is InChI=1S/C27H42O2/c1-18(8-13-25(29)19(2)17-28)22-11-12-23-21-10-9-20-7-5-6-15-26(20,3)24(21)14-16-27(22,23)4/h9-10,18-19,22-24,28H,5-8,11-17H2,1-4H3/t18-,19?,22-,23+,24+,26+,27-/m1/s1. The van der Waals surface area contributed by atoms with Crippen molar-refractivity contribution in [3.05, 3.63) is 23.3 Å². The smallest absolute Gasteiger partial charge is 0.137 e. The lowest BCUT2D eigenvalue weighted by Gasteiger charge is -2.54. The quantitative estimate of drug-likeness (QED) is 0.555. The lowest BCUT2D eigenvalue weighted by atomic mass is 9.50. The van der Waals surface area contributed by atoms with E-state index in [2.05, 4.69) is 32.9 Å². The van der Waals surface area contributed by atoms with Crippen LogP contribution in [0.5, 0.6) is 0 Å². The predicted octanol–water partition coefficient (Wildman–Crippen LogP) is 6.49. The second kappa shape index (κ2) is 7.98. The molecule has 0 aromatic carbocycles. The van der Waals surface area contributed by atoms with Gasteiger partial charge in [0.25, 0.3) is 0 Å². The molecule has 3 fully saturated rings. The van der Waals surface area contributed by atoms with E-state index in [1.165, 1.54) is 51.4 Å². The number of allylic oxidation sites excluding steroid dienone is 4. The van der Waals surface area contributed by atoms with Crippen molar-refractivity contribution in [2.75, 3.05) is 6.61 Å². The van der Waals surface area contributed by atoms with Crippen LogP contribution in [0.2, 0.25) is 0 Å². The van der Waals surface area contributed by atoms with E-state index in [9.17, 15) is 9.90 Å². The molecule has 0 aliphatic heterocycles. The Kier molecular flexibility index (Phi) is 5.88. The van der Waals surface area contributed by atoms with Gasteiger partial charge < -0.3 is 5.11 Å². The minimum Gasteiger partial charge on any atom is -0.396 e. The summed E-state index contributed by atoms with van der Waals surface area (Å²) < 4.78 is 0. The number of aliphatic hydroxyl groups excluding tert-OH is 1. The van der Waals surface area contributed by atoms with Crippen molar-refractivity contribution >= 4 is 5.78 Å². The van der Waals surface area contributed by atoms with Crippen LogP contribution in [0, 0.1) is 40.4 Å². The van der Waals surface area contributed by atoms with E-state index in [4.69, 9.17) is 0 Å². The first-order valence-corrected chi connectivity index (χ1v) is 12.4. The van der Waals surface area contributed by atoms with Crippen LogP contribution in [0.25, 0.3) is 0 Å². The van der Waals surface area contributed by atoms with Crippen molar-refractivity contribution in [1.82, 2.24) is 0 Å². The molecule has 4 aliphatic rings. The zero-order chi connectivity index (χ0) is 20.8. The number of carbonyl (C=O) groups excluding carboxylic acids is 1. The summed E-state index contributed by atoms with van der Waals surface area (Å²) in [4.78, 5) is 12.2. The van der Waals surface area contributed by atoms with E-state index in [0.717, 1.165) is 24.2 Å².